The van der Waals surface area contributed by atoms with Gasteiger partial charge >= 0.3 is 6.36 Å². The van der Waals surface area contributed by atoms with Crippen LogP contribution in [-0.4, -0.2) is 58.2 Å². The highest BCUT2D eigenvalue weighted by atomic mass is 19.4. The lowest BCUT2D eigenvalue weighted by atomic mass is 10.1. The molecule has 0 aliphatic heterocycles. The van der Waals surface area contributed by atoms with Gasteiger partial charge in [-0.25, -0.2) is 9.97 Å². The van der Waals surface area contributed by atoms with Crippen molar-refractivity contribution >= 4 is 17.7 Å². The highest BCUT2D eigenvalue weighted by molar-refractivity contribution is 6.08. The number of aromatic nitrogens is 3. The maximum Gasteiger partial charge on any atom is 0.573 e. The summed E-state index contributed by atoms with van der Waals surface area (Å²) < 4.78 is 41.4. The Morgan fingerprint density at radius 1 is 1.25 bits per heavy atom. The number of aliphatic imine (C=N–C) groups is 1. The van der Waals surface area contributed by atoms with Crippen molar-refractivity contribution in [3.05, 3.63) is 78.1 Å². The SMILES string of the molecule is CN=CC(=CN)c1nc(C(=O)NC(CO)Cc2cccnc2)cc(-c2ccc(OC(F)(F)F)cc2)n1. The third-order valence-corrected chi connectivity index (χ3v) is 4.81. The highest BCUT2D eigenvalue weighted by Crippen LogP contribution is 2.26. The average molecular weight is 500 g/mol. The zero-order valence-corrected chi connectivity index (χ0v) is 19.1. The van der Waals surface area contributed by atoms with Crippen molar-refractivity contribution in [1.29, 1.82) is 0 Å². The van der Waals surface area contributed by atoms with Gasteiger partial charge in [-0.05, 0) is 48.4 Å². The van der Waals surface area contributed by atoms with Gasteiger partial charge in [0.25, 0.3) is 5.91 Å². The van der Waals surface area contributed by atoms with Gasteiger partial charge in [0.05, 0.1) is 23.9 Å². The lowest BCUT2D eigenvalue weighted by molar-refractivity contribution is -0.274. The van der Waals surface area contributed by atoms with Crippen LogP contribution in [0.5, 0.6) is 5.75 Å². The number of halogens is 3. The summed E-state index contributed by atoms with van der Waals surface area (Å²) in [5.41, 5.74) is 7.42. The first-order chi connectivity index (χ1) is 17.2. The molecule has 1 unspecified atom stereocenters. The van der Waals surface area contributed by atoms with Crippen LogP contribution in [0, 0.1) is 0 Å². The predicted octanol–water partition coefficient (Wildman–Crippen LogP) is 2.77. The first-order valence-corrected chi connectivity index (χ1v) is 10.6. The number of carbonyl (C=O) groups excluding carboxylic acids is 1. The maximum absolute atomic E-state index is 13.1. The molecule has 9 nitrogen and oxygen atoms in total. The number of hydrogen-bond donors (Lipinski definition) is 3. The van der Waals surface area contributed by atoms with Gasteiger partial charge in [0.15, 0.2) is 5.82 Å². The Balaban J connectivity index is 1.94. The second-order valence-electron chi connectivity index (χ2n) is 7.46. The minimum atomic E-state index is -4.83. The molecule has 1 aromatic carbocycles. The molecular weight excluding hydrogens is 477 g/mol. The lowest BCUT2D eigenvalue weighted by Gasteiger charge is -2.17. The van der Waals surface area contributed by atoms with E-state index in [4.69, 9.17) is 5.73 Å². The normalized spacial score (nSPS) is 13.0. The van der Waals surface area contributed by atoms with Crippen molar-refractivity contribution in [3.8, 4) is 17.0 Å². The molecule has 0 saturated heterocycles. The molecule has 0 radical (unpaired) electrons. The van der Waals surface area contributed by atoms with Crippen LogP contribution in [0.2, 0.25) is 0 Å². The van der Waals surface area contributed by atoms with Crippen molar-refractivity contribution in [2.45, 2.75) is 18.8 Å². The summed E-state index contributed by atoms with van der Waals surface area (Å²) in [6.07, 6.45) is 1.37. The molecule has 3 aromatic rings. The summed E-state index contributed by atoms with van der Waals surface area (Å²) in [5, 5.41) is 12.5. The van der Waals surface area contributed by atoms with Crippen molar-refractivity contribution in [3.63, 3.8) is 0 Å². The van der Waals surface area contributed by atoms with Crippen molar-refractivity contribution in [2.24, 2.45) is 10.7 Å². The number of alkyl halides is 3. The molecule has 2 aromatic heterocycles. The average Bonchev–Trinajstić information content (AvgIpc) is 2.86. The lowest BCUT2D eigenvalue weighted by Crippen LogP contribution is -2.39. The number of nitrogens with zero attached hydrogens (tertiary/aromatic N) is 4. The number of carbonyl (C=O) groups is 1. The molecule has 4 N–H and O–H groups in total. The van der Waals surface area contributed by atoms with Gasteiger partial charge in [0, 0.05) is 37.4 Å². The minimum Gasteiger partial charge on any atom is -0.406 e. The van der Waals surface area contributed by atoms with E-state index in [0.717, 1.165) is 17.7 Å². The topological polar surface area (TPSA) is 136 Å². The molecule has 12 heteroatoms. The Hall–Kier alpha value is -4.32. The third-order valence-electron chi connectivity index (χ3n) is 4.81. The number of nitrogens with two attached hydrogens (primary N) is 1. The standard InChI is InChI=1S/C24H23F3N6O3/c1-29-13-17(11-28)22-32-20(16-4-6-19(7-5-16)36-24(25,26)27)10-21(33-22)23(35)31-18(14-34)9-15-3-2-8-30-12-15/h2-8,10-13,18,34H,9,14,28H2,1H3,(H,31,35). The molecule has 0 aliphatic carbocycles. The molecular formula is C24H23F3N6O3. The van der Waals surface area contributed by atoms with Crippen LogP contribution in [0.15, 0.2) is 66.1 Å². The van der Waals surface area contributed by atoms with E-state index >= 15 is 0 Å². The predicted molar refractivity (Wildman–Crippen MR) is 127 cm³/mol. The highest BCUT2D eigenvalue weighted by Gasteiger charge is 2.31. The van der Waals surface area contributed by atoms with E-state index in [1.807, 2.05) is 6.07 Å². The van der Waals surface area contributed by atoms with Crippen molar-refractivity contribution in [1.82, 2.24) is 20.3 Å². The summed E-state index contributed by atoms with van der Waals surface area (Å²) in [7, 11) is 1.52. The third kappa shape index (κ3) is 7.34. The number of aliphatic hydroxyl groups excluding tert-OH is 1. The van der Waals surface area contributed by atoms with Crippen LogP contribution in [0.4, 0.5) is 13.2 Å². The molecule has 0 bridgehead atoms. The maximum atomic E-state index is 13.1. The van der Waals surface area contributed by atoms with E-state index in [0.29, 0.717) is 17.6 Å². The molecule has 0 spiro atoms. The summed E-state index contributed by atoms with van der Waals surface area (Å²) in [5.74, 6) is -0.917. The largest absolute Gasteiger partial charge is 0.573 e. The van der Waals surface area contributed by atoms with Crippen LogP contribution < -0.4 is 15.8 Å². The number of hydrogen-bond acceptors (Lipinski definition) is 8. The molecule has 3 rings (SSSR count). The fourth-order valence-electron chi connectivity index (χ4n) is 3.21. The van der Waals surface area contributed by atoms with Gasteiger partial charge in [-0.1, -0.05) is 6.07 Å². The van der Waals surface area contributed by atoms with Gasteiger partial charge in [-0.2, -0.15) is 0 Å². The number of nitrogens with one attached hydrogen (secondary N) is 1. The van der Waals surface area contributed by atoms with E-state index in [-0.39, 0.29) is 23.8 Å². The van der Waals surface area contributed by atoms with Crippen LogP contribution >= 0.6 is 0 Å². The Labute approximate surface area is 204 Å². The number of aliphatic hydroxyl groups is 1. The monoisotopic (exact) mass is 500 g/mol. The summed E-state index contributed by atoms with van der Waals surface area (Å²) in [6.45, 7) is -0.331. The van der Waals surface area contributed by atoms with E-state index in [1.54, 1.807) is 18.5 Å². The molecule has 1 amide bonds. The molecule has 0 saturated carbocycles. The Bertz CT molecular complexity index is 1230. The van der Waals surface area contributed by atoms with Crippen LogP contribution in [0.25, 0.3) is 16.8 Å². The molecule has 36 heavy (non-hydrogen) atoms. The molecule has 0 aliphatic rings. The Morgan fingerprint density at radius 2 is 2.00 bits per heavy atom. The molecule has 2 heterocycles. The van der Waals surface area contributed by atoms with Gasteiger partial charge in [-0.3, -0.25) is 14.8 Å². The zero-order chi connectivity index (χ0) is 26.1. The number of benzene rings is 1. The van der Waals surface area contributed by atoms with Gasteiger partial charge in [0.1, 0.15) is 11.4 Å². The quantitative estimate of drug-likeness (QED) is 0.385. The first kappa shape index (κ1) is 26.3. The summed E-state index contributed by atoms with van der Waals surface area (Å²) >= 11 is 0. The van der Waals surface area contributed by atoms with E-state index in [9.17, 15) is 23.1 Å². The second kappa shape index (κ2) is 11.9. The number of rotatable bonds is 9. The number of pyridine rings is 1. The van der Waals surface area contributed by atoms with E-state index < -0.39 is 24.1 Å². The Kier molecular flexibility index (Phi) is 8.68. The fourth-order valence-corrected chi connectivity index (χ4v) is 3.21. The van der Waals surface area contributed by atoms with Crippen LogP contribution in [-0.2, 0) is 6.42 Å². The van der Waals surface area contributed by atoms with E-state index in [2.05, 4.69) is 30.0 Å². The molecule has 188 valence electrons. The summed E-state index contributed by atoms with van der Waals surface area (Å²) in [6, 6.07) is 9.33. The van der Waals surface area contributed by atoms with E-state index in [1.165, 1.54) is 37.7 Å². The van der Waals surface area contributed by atoms with Crippen LogP contribution in [0.1, 0.15) is 21.9 Å². The van der Waals surface area contributed by atoms with Gasteiger partial charge in [0.2, 0.25) is 0 Å². The number of amides is 1. The molecule has 0 fully saturated rings. The zero-order valence-electron chi connectivity index (χ0n) is 19.1. The van der Waals surface area contributed by atoms with Crippen molar-refractivity contribution in [2.75, 3.05) is 13.7 Å². The number of allylic oxidation sites excluding steroid dienone is 1. The molecule has 1 atom stereocenters. The van der Waals surface area contributed by atoms with Crippen LogP contribution in [0.3, 0.4) is 0 Å². The fraction of sp³-hybridized carbons (Fsp3) is 0.208. The number of ether oxygens (including phenoxy) is 1. The smallest absolute Gasteiger partial charge is 0.406 e. The van der Waals surface area contributed by atoms with Crippen molar-refractivity contribution < 1.29 is 27.8 Å². The second-order valence-corrected chi connectivity index (χ2v) is 7.46. The first-order valence-electron chi connectivity index (χ1n) is 10.6. The summed E-state index contributed by atoms with van der Waals surface area (Å²) in [4.78, 5) is 29.7. The van der Waals surface area contributed by atoms with Gasteiger partial charge < -0.3 is 20.9 Å². The minimum absolute atomic E-state index is 0.0425. The van der Waals surface area contributed by atoms with Gasteiger partial charge in [-0.15, -0.1) is 13.2 Å². The Morgan fingerprint density at radius 3 is 2.58 bits per heavy atom.